The van der Waals surface area contributed by atoms with Gasteiger partial charge in [-0.2, -0.15) is 0 Å². The molecule has 1 aromatic carbocycles. The minimum atomic E-state index is 0.980. The topological polar surface area (TPSA) is 37.0 Å². The molecular weight excluding hydrogens is 210 g/mol. The molecule has 90 valence electrons. The highest BCUT2D eigenvalue weighted by molar-refractivity contribution is 5.91. The zero-order chi connectivity index (χ0) is 12.1. The van der Waals surface area contributed by atoms with E-state index in [1.54, 1.807) is 0 Å². The molecule has 0 fully saturated rings. The molecule has 3 nitrogen and oxygen atoms in total. The molecule has 0 aliphatic heterocycles. The fourth-order valence-corrected chi connectivity index (χ4v) is 1.90. The Labute approximate surface area is 102 Å². The summed E-state index contributed by atoms with van der Waals surface area (Å²) in [7, 11) is 1.98. The van der Waals surface area contributed by atoms with Crippen LogP contribution in [0.3, 0.4) is 0 Å². The molecule has 0 spiro atoms. The predicted molar refractivity (Wildman–Crippen MR) is 73.5 cm³/mol. The maximum absolute atomic E-state index is 4.39. The number of pyridine rings is 1. The Kier molecular flexibility index (Phi) is 3.94. The van der Waals surface area contributed by atoms with Crippen LogP contribution in [0.5, 0.6) is 0 Å². The van der Waals surface area contributed by atoms with Crippen LogP contribution in [0.2, 0.25) is 0 Å². The minimum Gasteiger partial charge on any atom is -0.384 e. The first-order valence-electron chi connectivity index (χ1n) is 6.05. The molecule has 0 saturated heterocycles. The molecule has 0 bridgehead atoms. The largest absolute Gasteiger partial charge is 0.384 e. The van der Waals surface area contributed by atoms with E-state index in [2.05, 4.69) is 40.7 Å². The van der Waals surface area contributed by atoms with Crippen LogP contribution < -0.4 is 10.6 Å². The van der Waals surface area contributed by atoms with E-state index in [1.807, 2.05) is 19.3 Å². The third kappa shape index (κ3) is 2.94. The normalized spacial score (nSPS) is 10.7. The van der Waals surface area contributed by atoms with E-state index in [4.69, 9.17) is 0 Å². The number of rotatable bonds is 5. The van der Waals surface area contributed by atoms with Crippen molar-refractivity contribution < 1.29 is 0 Å². The molecule has 3 heteroatoms. The molecule has 2 N–H and O–H groups in total. The lowest BCUT2D eigenvalue weighted by Crippen LogP contribution is -2.13. The lowest BCUT2D eigenvalue weighted by Gasteiger charge is -2.09. The highest BCUT2D eigenvalue weighted by Gasteiger charge is 2.01. The highest BCUT2D eigenvalue weighted by Crippen LogP contribution is 2.22. The first-order chi connectivity index (χ1) is 8.31. The molecule has 17 heavy (non-hydrogen) atoms. The molecule has 1 aromatic heterocycles. The number of nitrogens with one attached hydrogen (secondary N) is 2. The maximum Gasteiger partial charge on any atom is 0.0725 e. The second-order valence-electron chi connectivity index (χ2n) is 4.26. The number of hydrogen-bond donors (Lipinski definition) is 2. The molecule has 0 radical (unpaired) electrons. The van der Waals surface area contributed by atoms with Gasteiger partial charge in [0.1, 0.15) is 0 Å². The van der Waals surface area contributed by atoms with Crippen LogP contribution in [0.25, 0.3) is 10.9 Å². The molecule has 0 amide bonds. The van der Waals surface area contributed by atoms with Crippen LogP contribution in [0.4, 0.5) is 5.69 Å². The van der Waals surface area contributed by atoms with Crippen LogP contribution >= 0.6 is 0 Å². The molecule has 0 aliphatic carbocycles. The van der Waals surface area contributed by atoms with Gasteiger partial charge in [0.2, 0.25) is 0 Å². The maximum atomic E-state index is 4.39. The summed E-state index contributed by atoms with van der Waals surface area (Å²) in [5.74, 6) is 0. The average Bonchev–Trinajstić information content (AvgIpc) is 2.34. The van der Waals surface area contributed by atoms with Gasteiger partial charge < -0.3 is 10.6 Å². The summed E-state index contributed by atoms with van der Waals surface area (Å²) in [6.07, 6.45) is 2.98. The van der Waals surface area contributed by atoms with Crippen LogP contribution in [0, 0.1) is 6.92 Å². The predicted octanol–water partition coefficient (Wildman–Crippen LogP) is 2.56. The van der Waals surface area contributed by atoms with E-state index in [-0.39, 0.29) is 0 Å². The van der Waals surface area contributed by atoms with Gasteiger partial charge in [-0.1, -0.05) is 12.1 Å². The molecule has 0 aliphatic rings. The van der Waals surface area contributed by atoms with Gasteiger partial charge in [-0.3, -0.25) is 4.98 Å². The van der Waals surface area contributed by atoms with E-state index < -0.39 is 0 Å². The Balaban J connectivity index is 2.16. The smallest absolute Gasteiger partial charge is 0.0725 e. The van der Waals surface area contributed by atoms with Gasteiger partial charge in [0.25, 0.3) is 0 Å². The van der Waals surface area contributed by atoms with E-state index in [0.717, 1.165) is 25.0 Å². The summed E-state index contributed by atoms with van der Waals surface area (Å²) >= 11 is 0. The highest BCUT2D eigenvalue weighted by atomic mass is 14.9. The SMILES string of the molecule is CNCCCNc1ccnc2cc(C)ccc12. The van der Waals surface area contributed by atoms with E-state index in [9.17, 15) is 0 Å². The van der Waals surface area contributed by atoms with Crippen molar-refractivity contribution in [1.82, 2.24) is 10.3 Å². The van der Waals surface area contributed by atoms with Gasteiger partial charge in [0.05, 0.1) is 5.52 Å². The Hall–Kier alpha value is -1.61. The number of benzene rings is 1. The number of anilines is 1. The van der Waals surface area contributed by atoms with Crippen molar-refractivity contribution in [1.29, 1.82) is 0 Å². The monoisotopic (exact) mass is 229 g/mol. The second kappa shape index (κ2) is 5.64. The molecular formula is C14H19N3. The van der Waals surface area contributed by atoms with Crippen molar-refractivity contribution in [2.45, 2.75) is 13.3 Å². The summed E-state index contributed by atoms with van der Waals surface area (Å²) in [5, 5.41) is 7.80. The van der Waals surface area contributed by atoms with Gasteiger partial charge in [-0.25, -0.2) is 0 Å². The summed E-state index contributed by atoms with van der Waals surface area (Å²) in [5.41, 5.74) is 3.48. The third-order valence-electron chi connectivity index (χ3n) is 2.82. The first-order valence-corrected chi connectivity index (χ1v) is 6.05. The number of fused-ring (bicyclic) bond motifs is 1. The number of aryl methyl sites for hydroxylation is 1. The minimum absolute atomic E-state index is 0.980. The molecule has 1 heterocycles. The van der Waals surface area contributed by atoms with E-state index in [1.165, 1.54) is 16.6 Å². The van der Waals surface area contributed by atoms with Crippen LogP contribution in [0.1, 0.15) is 12.0 Å². The number of hydrogen-bond acceptors (Lipinski definition) is 3. The van der Waals surface area contributed by atoms with Crippen molar-refractivity contribution in [3.05, 3.63) is 36.0 Å². The van der Waals surface area contributed by atoms with Gasteiger partial charge in [-0.15, -0.1) is 0 Å². The van der Waals surface area contributed by atoms with Crippen molar-refractivity contribution in [2.75, 3.05) is 25.5 Å². The summed E-state index contributed by atoms with van der Waals surface area (Å²) in [4.78, 5) is 4.39. The van der Waals surface area contributed by atoms with Crippen LogP contribution in [0.15, 0.2) is 30.5 Å². The lowest BCUT2D eigenvalue weighted by molar-refractivity contribution is 0.748. The van der Waals surface area contributed by atoms with Gasteiger partial charge in [0.15, 0.2) is 0 Å². The summed E-state index contributed by atoms with van der Waals surface area (Å²) < 4.78 is 0. The van der Waals surface area contributed by atoms with Gasteiger partial charge >= 0.3 is 0 Å². The van der Waals surface area contributed by atoms with Crippen molar-refractivity contribution in [2.24, 2.45) is 0 Å². The van der Waals surface area contributed by atoms with Crippen molar-refractivity contribution >= 4 is 16.6 Å². The zero-order valence-electron chi connectivity index (χ0n) is 10.5. The third-order valence-corrected chi connectivity index (χ3v) is 2.82. The fourth-order valence-electron chi connectivity index (χ4n) is 1.90. The van der Waals surface area contributed by atoms with Crippen molar-refractivity contribution in [3.8, 4) is 0 Å². The average molecular weight is 229 g/mol. The summed E-state index contributed by atoms with van der Waals surface area (Å²) in [6, 6.07) is 8.42. The summed E-state index contributed by atoms with van der Waals surface area (Å²) in [6.45, 7) is 4.11. The zero-order valence-corrected chi connectivity index (χ0v) is 10.5. The molecule has 0 unspecified atom stereocenters. The quantitative estimate of drug-likeness (QED) is 0.774. The number of aromatic nitrogens is 1. The van der Waals surface area contributed by atoms with Gasteiger partial charge in [0, 0.05) is 23.8 Å². The van der Waals surface area contributed by atoms with E-state index >= 15 is 0 Å². The Bertz CT molecular complexity index is 494. The fraction of sp³-hybridized carbons (Fsp3) is 0.357. The van der Waals surface area contributed by atoms with Crippen molar-refractivity contribution in [3.63, 3.8) is 0 Å². The number of nitrogens with zero attached hydrogens (tertiary/aromatic N) is 1. The van der Waals surface area contributed by atoms with E-state index in [0.29, 0.717) is 0 Å². The van der Waals surface area contributed by atoms with Gasteiger partial charge in [-0.05, 0) is 44.6 Å². The van der Waals surface area contributed by atoms with Crippen LogP contribution in [-0.2, 0) is 0 Å². The standard InChI is InChI=1S/C14H19N3/c1-11-4-5-12-13(16-8-3-7-15-2)6-9-17-14(12)10-11/h4-6,9-10,15H,3,7-8H2,1-2H3,(H,16,17). The Morgan fingerprint density at radius 3 is 2.88 bits per heavy atom. The Morgan fingerprint density at radius 2 is 2.06 bits per heavy atom. The Morgan fingerprint density at radius 1 is 1.18 bits per heavy atom. The van der Waals surface area contributed by atoms with Crippen LogP contribution in [-0.4, -0.2) is 25.1 Å². The molecule has 0 atom stereocenters. The molecule has 2 rings (SSSR count). The lowest BCUT2D eigenvalue weighted by atomic mass is 10.1. The molecule has 2 aromatic rings. The second-order valence-corrected chi connectivity index (χ2v) is 4.26. The first kappa shape index (κ1) is 11.9. The molecule has 0 saturated carbocycles.